The molecule has 0 radical (unpaired) electrons. The highest BCUT2D eigenvalue weighted by atomic mass is 19.1. The fourth-order valence-electron chi connectivity index (χ4n) is 1.35. The fourth-order valence-corrected chi connectivity index (χ4v) is 1.35. The highest BCUT2D eigenvalue weighted by molar-refractivity contribution is 5.77. The molecule has 0 aliphatic carbocycles. The Hall–Kier alpha value is -2.13. The number of benzene rings is 1. The molecule has 18 heavy (non-hydrogen) atoms. The monoisotopic (exact) mass is 251 g/mol. The van der Waals surface area contributed by atoms with Crippen molar-refractivity contribution in [2.45, 2.75) is 6.42 Å². The molecule has 0 saturated heterocycles. The van der Waals surface area contributed by atoms with Gasteiger partial charge in [0.25, 0.3) is 5.91 Å². The summed E-state index contributed by atoms with van der Waals surface area (Å²) in [6, 6.07) is 5.97. The Labute approximate surface area is 104 Å². The van der Waals surface area contributed by atoms with Gasteiger partial charge in [0.15, 0.2) is 6.61 Å². The van der Waals surface area contributed by atoms with E-state index in [0.29, 0.717) is 18.5 Å². The molecular formula is C12H14FN3O2. The smallest absolute Gasteiger partial charge is 0.258 e. The highest BCUT2D eigenvalue weighted by Gasteiger charge is 2.05. The normalized spacial score (nSPS) is 9.61. The van der Waals surface area contributed by atoms with Crippen molar-refractivity contribution in [1.29, 1.82) is 5.26 Å². The van der Waals surface area contributed by atoms with E-state index in [1.807, 2.05) is 0 Å². The molecule has 6 heteroatoms. The number of nitriles is 1. The Morgan fingerprint density at radius 1 is 1.50 bits per heavy atom. The second-order valence-electron chi connectivity index (χ2n) is 3.56. The van der Waals surface area contributed by atoms with Gasteiger partial charge in [-0.05, 0) is 30.7 Å². The van der Waals surface area contributed by atoms with Gasteiger partial charge in [0.05, 0.1) is 6.07 Å². The van der Waals surface area contributed by atoms with E-state index in [9.17, 15) is 9.18 Å². The Kier molecular flexibility index (Phi) is 5.61. The van der Waals surface area contributed by atoms with Gasteiger partial charge in [0.1, 0.15) is 18.1 Å². The molecule has 1 rings (SSSR count). The van der Waals surface area contributed by atoms with Gasteiger partial charge in [-0.3, -0.25) is 4.79 Å². The molecule has 96 valence electrons. The SMILES string of the molecule is N#CCNC(=O)COc1cc(F)cc(CCN)c1. The predicted octanol–water partition coefficient (Wildman–Crippen LogP) is 0.345. The Balaban J connectivity index is 2.56. The first kappa shape index (κ1) is 13.9. The number of nitrogens with one attached hydrogen (secondary N) is 1. The molecule has 0 unspecified atom stereocenters. The van der Waals surface area contributed by atoms with E-state index in [1.165, 1.54) is 12.1 Å². The highest BCUT2D eigenvalue weighted by Crippen LogP contribution is 2.16. The third-order valence-electron chi connectivity index (χ3n) is 2.10. The van der Waals surface area contributed by atoms with E-state index in [0.717, 1.165) is 0 Å². The molecule has 1 amide bonds. The fraction of sp³-hybridized carbons (Fsp3) is 0.333. The van der Waals surface area contributed by atoms with Gasteiger partial charge in [0, 0.05) is 6.07 Å². The standard InChI is InChI=1S/C12H14FN3O2/c13-10-5-9(1-2-14)6-11(7-10)18-8-12(17)16-4-3-15/h5-7H,1-2,4,8,14H2,(H,16,17). The molecule has 0 fully saturated rings. The molecule has 1 aromatic carbocycles. The van der Waals surface area contributed by atoms with Crippen molar-refractivity contribution in [3.05, 3.63) is 29.6 Å². The van der Waals surface area contributed by atoms with Gasteiger partial charge in [0.2, 0.25) is 0 Å². The van der Waals surface area contributed by atoms with E-state index < -0.39 is 11.7 Å². The van der Waals surface area contributed by atoms with Gasteiger partial charge in [-0.1, -0.05) is 0 Å². The second kappa shape index (κ2) is 7.25. The number of rotatable bonds is 6. The molecule has 0 aromatic heterocycles. The molecule has 1 aromatic rings. The first-order valence-corrected chi connectivity index (χ1v) is 5.41. The average molecular weight is 251 g/mol. The summed E-state index contributed by atoms with van der Waals surface area (Å²) in [5, 5.41) is 10.6. The van der Waals surface area contributed by atoms with E-state index in [2.05, 4.69) is 5.32 Å². The van der Waals surface area contributed by atoms with Gasteiger partial charge >= 0.3 is 0 Å². The molecular weight excluding hydrogens is 237 g/mol. The minimum Gasteiger partial charge on any atom is -0.484 e. The maximum Gasteiger partial charge on any atom is 0.258 e. The summed E-state index contributed by atoms with van der Waals surface area (Å²) in [6.45, 7) is 0.0719. The lowest BCUT2D eigenvalue weighted by Crippen LogP contribution is -2.29. The number of hydrogen-bond donors (Lipinski definition) is 2. The predicted molar refractivity (Wildman–Crippen MR) is 63.3 cm³/mol. The summed E-state index contributed by atoms with van der Waals surface area (Å²) in [4.78, 5) is 11.2. The van der Waals surface area contributed by atoms with E-state index >= 15 is 0 Å². The number of carbonyl (C=O) groups is 1. The number of nitrogens with two attached hydrogens (primary N) is 1. The van der Waals surface area contributed by atoms with Crippen LogP contribution in [-0.2, 0) is 11.2 Å². The summed E-state index contributed by atoms with van der Waals surface area (Å²) < 4.78 is 18.3. The topological polar surface area (TPSA) is 88.1 Å². The van der Waals surface area contributed by atoms with Crippen molar-refractivity contribution in [3.8, 4) is 11.8 Å². The van der Waals surface area contributed by atoms with Crippen LogP contribution >= 0.6 is 0 Å². The maximum atomic E-state index is 13.2. The molecule has 0 spiro atoms. The number of hydrogen-bond acceptors (Lipinski definition) is 4. The number of carbonyl (C=O) groups excluding carboxylic acids is 1. The Bertz CT molecular complexity index is 457. The van der Waals surface area contributed by atoms with Crippen LogP contribution in [-0.4, -0.2) is 25.6 Å². The summed E-state index contributed by atoms with van der Waals surface area (Å²) in [5.74, 6) is -0.597. The molecule has 3 N–H and O–H groups in total. The van der Waals surface area contributed by atoms with Crippen LogP contribution in [0.25, 0.3) is 0 Å². The van der Waals surface area contributed by atoms with Gasteiger partial charge in [-0.2, -0.15) is 5.26 Å². The number of amides is 1. The lowest BCUT2D eigenvalue weighted by molar-refractivity contribution is -0.122. The lowest BCUT2D eigenvalue weighted by Gasteiger charge is -2.08. The molecule has 5 nitrogen and oxygen atoms in total. The minimum absolute atomic E-state index is 0.0796. The van der Waals surface area contributed by atoms with Crippen LogP contribution in [0.4, 0.5) is 4.39 Å². The Morgan fingerprint density at radius 2 is 2.28 bits per heavy atom. The largest absolute Gasteiger partial charge is 0.484 e. The van der Waals surface area contributed by atoms with Crippen molar-refractivity contribution >= 4 is 5.91 Å². The maximum absolute atomic E-state index is 13.2. The minimum atomic E-state index is -0.437. The van der Waals surface area contributed by atoms with Gasteiger partial charge in [-0.25, -0.2) is 4.39 Å². The summed E-state index contributed by atoms with van der Waals surface area (Å²) >= 11 is 0. The molecule has 0 aliphatic heterocycles. The van der Waals surface area contributed by atoms with Crippen LogP contribution in [0.5, 0.6) is 5.75 Å². The zero-order chi connectivity index (χ0) is 13.4. The van der Waals surface area contributed by atoms with Crippen molar-refractivity contribution in [2.75, 3.05) is 19.7 Å². The quantitative estimate of drug-likeness (QED) is 0.714. The van der Waals surface area contributed by atoms with Crippen molar-refractivity contribution < 1.29 is 13.9 Å². The summed E-state index contributed by atoms with van der Waals surface area (Å²) in [7, 11) is 0. The number of nitrogens with zero attached hydrogens (tertiary/aromatic N) is 1. The molecule has 0 bridgehead atoms. The average Bonchev–Trinajstić information content (AvgIpc) is 2.33. The lowest BCUT2D eigenvalue weighted by atomic mass is 10.1. The van der Waals surface area contributed by atoms with E-state index in [-0.39, 0.29) is 18.9 Å². The van der Waals surface area contributed by atoms with Gasteiger partial charge in [-0.15, -0.1) is 0 Å². The molecule has 0 saturated carbocycles. The van der Waals surface area contributed by atoms with Crippen LogP contribution in [0.2, 0.25) is 0 Å². The molecule has 0 atom stereocenters. The van der Waals surface area contributed by atoms with E-state index in [1.54, 1.807) is 12.1 Å². The van der Waals surface area contributed by atoms with Gasteiger partial charge < -0.3 is 15.8 Å². The van der Waals surface area contributed by atoms with Crippen molar-refractivity contribution in [3.63, 3.8) is 0 Å². The zero-order valence-corrected chi connectivity index (χ0v) is 9.78. The van der Waals surface area contributed by atoms with Crippen LogP contribution < -0.4 is 15.8 Å². The first-order chi connectivity index (χ1) is 8.65. The van der Waals surface area contributed by atoms with Crippen LogP contribution in [0.1, 0.15) is 5.56 Å². The summed E-state index contributed by atoms with van der Waals surface area (Å²) in [6.07, 6.45) is 0.536. The molecule has 0 heterocycles. The Morgan fingerprint density at radius 3 is 2.94 bits per heavy atom. The zero-order valence-electron chi connectivity index (χ0n) is 9.78. The third-order valence-corrected chi connectivity index (χ3v) is 2.10. The third kappa shape index (κ3) is 4.80. The van der Waals surface area contributed by atoms with Crippen molar-refractivity contribution in [2.24, 2.45) is 5.73 Å². The summed E-state index contributed by atoms with van der Waals surface area (Å²) in [5.41, 5.74) is 6.09. The van der Waals surface area contributed by atoms with Crippen LogP contribution in [0, 0.1) is 17.1 Å². The van der Waals surface area contributed by atoms with Crippen LogP contribution in [0.3, 0.4) is 0 Å². The number of ether oxygens (including phenoxy) is 1. The van der Waals surface area contributed by atoms with Crippen molar-refractivity contribution in [1.82, 2.24) is 5.32 Å². The first-order valence-electron chi connectivity index (χ1n) is 5.41. The van der Waals surface area contributed by atoms with Crippen LogP contribution in [0.15, 0.2) is 18.2 Å². The van der Waals surface area contributed by atoms with E-state index in [4.69, 9.17) is 15.7 Å². The second-order valence-corrected chi connectivity index (χ2v) is 3.56. The number of halogens is 1. The molecule has 0 aliphatic rings.